The highest BCUT2D eigenvalue weighted by Crippen LogP contribution is 2.26. The summed E-state index contributed by atoms with van der Waals surface area (Å²) in [6, 6.07) is 0. The molecule has 1 fully saturated rings. The molecule has 0 bridgehead atoms. The lowest BCUT2D eigenvalue weighted by molar-refractivity contribution is -0.140. The van der Waals surface area contributed by atoms with Crippen LogP contribution in [0.4, 0.5) is 0 Å². The maximum atomic E-state index is 10.5. The molecular formula is C6H10O2S2. The third kappa shape index (κ3) is 1.83. The number of hydrogen-bond acceptors (Lipinski definition) is 3. The third-order valence-corrected chi connectivity index (χ3v) is 3.37. The van der Waals surface area contributed by atoms with E-state index in [1.54, 1.807) is 11.8 Å². The van der Waals surface area contributed by atoms with E-state index in [4.69, 9.17) is 5.11 Å². The number of hydrogen-bond donors (Lipinski definition) is 2. The van der Waals surface area contributed by atoms with E-state index in [9.17, 15) is 4.79 Å². The van der Waals surface area contributed by atoms with Gasteiger partial charge in [0.15, 0.2) is 0 Å². The quantitative estimate of drug-likeness (QED) is 0.591. The first kappa shape index (κ1) is 8.27. The fourth-order valence-electron chi connectivity index (χ4n) is 0.963. The fraction of sp³-hybridized carbons (Fsp3) is 0.833. The van der Waals surface area contributed by atoms with Crippen molar-refractivity contribution >= 4 is 30.4 Å². The van der Waals surface area contributed by atoms with E-state index in [-0.39, 0.29) is 11.2 Å². The Balaban J connectivity index is 2.47. The van der Waals surface area contributed by atoms with Crippen molar-refractivity contribution in [2.24, 2.45) is 5.92 Å². The summed E-state index contributed by atoms with van der Waals surface area (Å²) in [6.45, 7) is 0. The Labute approximate surface area is 69.8 Å². The van der Waals surface area contributed by atoms with Crippen LogP contribution in [0.1, 0.15) is 6.42 Å². The molecule has 1 rings (SSSR count). The maximum absolute atomic E-state index is 10.5. The molecule has 1 heterocycles. The number of thioether (sulfide) groups is 1. The van der Waals surface area contributed by atoms with Gasteiger partial charge in [-0.15, -0.1) is 0 Å². The zero-order valence-electron chi connectivity index (χ0n) is 5.49. The van der Waals surface area contributed by atoms with Crippen LogP contribution in [-0.4, -0.2) is 27.8 Å². The predicted molar refractivity (Wildman–Crippen MR) is 45.8 cm³/mol. The van der Waals surface area contributed by atoms with Crippen LogP contribution >= 0.6 is 24.4 Å². The van der Waals surface area contributed by atoms with Crippen molar-refractivity contribution in [2.45, 2.75) is 11.7 Å². The smallest absolute Gasteiger partial charge is 0.308 e. The van der Waals surface area contributed by atoms with Gasteiger partial charge in [0.2, 0.25) is 0 Å². The Morgan fingerprint density at radius 3 is 2.80 bits per heavy atom. The van der Waals surface area contributed by atoms with Gasteiger partial charge in [-0.25, -0.2) is 0 Å². The molecule has 4 heteroatoms. The van der Waals surface area contributed by atoms with E-state index in [0.29, 0.717) is 0 Å². The number of carboxylic acid groups (broad SMARTS) is 1. The SMILES string of the molecule is O=C(O)C1CSCCC1S. The molecule has 0 aliphatic carbocycles. The molecule has 0 aromatic carbocycles. The average molecular weight is 178 g/mol. The van der Waals surface area contributed by atoms with Crippen molar-refractivity contribution in [1.29, 1.82) is 0 Å². The minimum atomic E-state index is -0.702. The largest absolute Gasteiger partial charge is 0.481 e. The molecule has 1 N–H and O–H groups in total. The van der Waals surface area contributed by atoms with E-state index in [2.05, 4.69) is 12.6 Å². The highest BCUT2D eigenvalue weighted by atomic mass is 32.2. The molecular weight excluding hydrogens is 168 g/mol. The summed E-state index contributed by atoms with van der Waals surface area (Å²) in [5.41, 5.74) is 0. The van der Waals surface area contributed by atoms with Crippen molar-refractivity contribution in [2.75, 3.05) is 11.5 Å². The van der Waals surface area contributed by atoms with E-state index in [1.165, 1.54) is 0 Å². The van der Waals surface area contributed by atoms with Gasteiger partial charge in [0.25, 0.3) is 0 Å². The predicted octanol–water partition coefficient (Wildman–Crippen LogP) is 1.12. The summed E-state index contributed by atoms with van der Waals surface area (Å²) < 4.78 is 0. The zero-order chi connectivity index (χ0) is 7.56. The Bertz CT molecular complexity index is 138. The Morgan fingerprint density at radius 1 is 1.70 bits per heavy atom. The summed E-state index contributed by atoms with van der Waals surface area (Å²) in [5, 5.41) is 8.71. The van der Waals surface area contributed by atoms with Crippen LogP contribution in [0, 0.1) is 5.92 Å². The van der Waals surface area contributed by atoms with Crippen LogP contribution in [0.5, 0.6) is 0 Å². The van der Waals surface area contributed by atoms with Gasteiger partial charge >= 0.3 is 5.97 Å². The van der Waals surface area contributed by atoms with Crippen molar-refractivity contribution in [3.8, 4) is 0 Å². The lowest BCUT2D eigenvalue weighted by Gasteiger charge is -2.23. The summed E-state index contributed by atoms with van der Waals surface area (Å²) in [5.74, 6) is 0.843. The number of thiol groups is 1. The second kappa shape index (κ2) is 3.53. The average Bonchev–Trinajstić information content (AvgIpc) is 1.88. The lowest BCUT2D eigenvalue weighted by Crippen LogP contribution is -2.30. The standard InChI is InChI=1S/C6H10O2S2/c7-6(8)4-3-10-2-1-5(4)9/h4-5,9H,1-3H2,(H,7,8). The molecule has 58 valence electrons. The van der Waals surface area contributed by atoms with Gasteiger partial charge in [0.1, 0.15) is 0 Å². The van der Waals surface area contributed by atoms with E-state index >= 15 is 0 Å². The maximum Gasteiger partial charge on any atom is 0.308 e. The molecule has 1 aliphatic rings. The number of rotatable bonds is 1. The van der Waals surface area contributed by atoms with Gasteiger partial charge in [-0.3, -0.25) is 4.79 Å². The summed E-state index contributed by atoms with van der Waals surface area (Å²) in [4.78, 5) is 10.5. The minimum Gasteiger partial charge on any atom is -0.481 e. The first-order valence-electron chi connectivity index (χ1n) is 3.20. The third-order valence-electron chi connectivity index (χ3n) is 1.64. The van der Waals surface area contributed by atoms with Gasteiger partial charge < -0.3 is 5.11 Å². The van der Waals surface area contributed by atoms with E-state index in [0.717, 1.165) is 17.9 Å². The molecule has 1 saturated heterocycles. The molecule has 0 saturated carbocycles. The first-order chi connectivity index (χ1) is 4.72. The molecule has 2 unspecified atom stereocenters. The first-order valence-corrected chi connectivity index (χ1v) is 4.87. The molecule has 2 nitrogen and oxygen atoms in total. The second-order valence-corrected chi connectivity index (χ2v) is 4.19. The topological polar surface area (TPSA) is 37.3 Å². The second-order valence-electron chi connectivity index (χ2n) is 2.38. The van der Waals surface area contributed by atoms with Gasteiger partial charge in [-0.05, 0) is 12.2 Å². The van der Waals surface area contributed by atoms with Gasteiger partial charge in [-0.1, -0.05) is 0 Å². The van der Waals surface area contributed by atoms with Crippen molar-refractivity contribution in [1.82, 2.24) is 0 Å². The molecule has 1 aliphatic heterocycles. The highest BCUT2D eigenvalue weighted by Gasteiger charge is 2.28. The monoisotopic (exact) mass is 178 g/mol. The fourth-order valence-corrected chi connectivity index (χ4v) is 2.86. The van der Waals surface area contributed by atoms with Crippen LogP contribution < -0.4 is 0 Å². The Kier molecular flexibility index (Phi) is 2.92. The summed E-state index contributed by atoms with van der Waals surface area (Å²) in [6.07, 6.45) is 0.921. The molecule has 0 radical (unpaired) electrons. The number of carboxylic acids is 1. The van der Waals surface area contributed by atoms with Crippen LogP contribution in [0.2, 0.25) is 0 Å². The Morgan fingerprint density at radius 2 is 2.40 bits per heavy atom. The van der Waals surface area contributed by atoms with Crippen LogP contribution in [0.15, 0.2) is 0 Å². The van der Waals surface area contributed by atoms with E-state index < -0.39 is 5.97 Å². The van der Waals surface area contributed by atoms with Crippen LogP contribution in [0.3, 0.4) is 0 Å². The van der Waals surface area contributed by atoms with Crippen LogP contribution in [0.25, 0.3) is 0 Å². The van der Waals surface area contributed by atoms with Crippen molar-refractivity contribution in [3.05, 3.63) is 0 Å². The summed E-state index contributed by atoms with van der Waals surface area (Å²) >= 11 is 5.91. The minimum absolute atomic E-state index is 0.0683. The molecule has 0 aromatic heterocycles. The van der Waals surface area contributed by atoms with E-state index in [1.807, 2.05) is 0 Å². The van der Waals surface area contributed by atoms with Crippen LogP contribution in [-0.2, 0) is 4.79 Å². The highest BCUT2D eigenvalue weighted by molar-refractivity contribution is 7.99. The van der Waals surface area contributed by atoms with Gasteiger partial charge in [0.05, 0.1) is 5.92 Å². The van der Waals surface area contributed by atoms with Gasteiger partial charge in [0, 0.05) is 11.0 Å². The Hall–Kier alpha value is 0.170. The van der Waals surface area contributed by atoms with Crippen molar-refractivity contribution in [3.63, 3.8) is 0 Å². The normalized spacial score (nSPS) is 33.7. The van der Waals surface area contributed by atoms with Gasteiger partial charge in [-0.2, -0.15) is 24.4 Å². The molecule has 0 spiro atoms. The molecule has 0 amide bonds. The molecule has 0 aromatic rings. The number of aliphatic carboxylic acids is 1. The molecule has 10 heavy (non-hydrogen) atoms. The molecule has 2 atom stereocenters. The van der Waals surface area contributed by atoms with Crippen molar-refractivity contribution < 1.29 is 9.90 Å². The zero-order valence-corrected chi connectivity index (χ0v) is 7.20. The number of carbonyl (C=O) groups is 1. The lowest BCUT2D eigenvalue weighted by atomic mass is 10.1. The summed E-state index contributed by atoms with van der Waals surface area (Å²) in [7, 11) is 0.